The number of ether oxygens (including phenoxy) is 1. The molecule has 0 fully saturated rings. The Morgan fingerprint density at radius 2 is 1.64 bits per heavy atom. The normalized spacial score (nSPS) is 13.8. The summed E-state index contributed by atoms with van der Waals surface area (Å²) in [5, 5.41) is 0. The Balaban J connectivity index is 4.64. The zero-order valence-corrected chi connectivity index (χ0v) is 10.3. The van der Waals surface area contributed by atoms with Gasteiger partial charge in [-0.2, -0.15) is 0 Å². The van der Waals surface area contributed by atoms with E-state index in [4.69, 9.17) is 18.0 Å². The van der Waals surface area contributed by atoms with E-state index >= 15 is 0 Å². The van der Waals surface area contributed by atoms with Crippen LogP contribution in [0.15, 0.2) is 0 Å². The minimum atomic E-state index is -2.85. The molecule has 14 heavy (non-hydrogen) atoms. The molecule has 1 atom stereocenters. The first kappa shape index (κ1) is 13.6. The Morgan fingerprint density at radius 3 is 1.86 bits per heavy atom. The molecule has 0 aromatic heterocycles. The third kappa shape index (κ3) is 3.05. The summed E-state index contributed by atoms with van der Waals surface area (Å²) in [6.45, 7) is 3.23. The molecule has 0 spiro atoms. The van der Waals surface area contributed by atoms with E-state index in [1.165, 1.54) is 28.3 Å². The van der Waals surface area contributed by atoms with Gasteiger partial charge in [0.1, 0.15) is 0 Å². The molecule has 0 aliphatic heterocycles. The average molecular weight is 222 g/mol. The summed E-state index contributed by atoms with van der Waals surface area (Å²) in [5.74, 6) is -0.361. The van der Waals surface area contributed by atoms with Gasteiger partial charge in [-0.3, -0.25) is 4.79 Å². The van der Waals surface area contributed by atoms with E-state index in [1.807, 2.05) is 6.92 Å². The predicted octanol–water partition coefficient (Wildman–Crippen LogP) is 0.745. The van der Waals surface area contributed by atoms with E-state index in [2.05, 4.69) is 0 Å². The Labute approximate surface area is 85.7 Å². The van der Waals surface area contributed by atoms with Gasteiger partial charge >= 0.3 is 14.8 Å². The highest BCUT2D eigenvalue weighted by molar-refractivity contribution is 6.62. The molecule has 0 aromatic carbocycles. The van der Waals surface area contributed by atoms with Crippen molar-refractivity contribution in [1.29, 1.82) is 0 Å². The largest absolute Gasteiger partial charge is 0.543 e. The van der Waals surface area contributed by atoms with E-state index in [9.17, 15) is 4.79 Å². The van der Waals surface area contributed by atoms with Crippen LogP contribution in [0.4, 0.5) is 0 Å². The van der Waals surface area contributed by atoms with E-state index in [-0.39, 0.29) is 5.97 Å². The maximum Gasteiger partial charge on any atom is 0.543 e. The van der Waals surface area contributed by atoms with Gasteiger partial charge in [0.25, 0.3) is 0 Å². The van der Waals surface area contributed by atoms with Crippen molar-refractivity contribution in [2.24, 2.45) is 0 Å². The predicted molar refractivity (Wildman–Crippen MR) is 52.6 cm³/mol. The van der Waals surface area contributed by atoms with Crippen LogP contribution in [0.1, 0.15) is 20.3 Å². The molecule has 0 rings (SSSR count). The Kier molecular flexibility index (Phi) is 5.94. The minimum Gasteiger partial charge on any atom is -0.458 e. The molecule has 0 aliphatic carbocycles. The van der Waals surface area contributed by atoms with Crippen LogP contribution in [0.25, 0.3) is 0 Å². The first-order valence-corrected chi connectivity index (χ1v) is 6.19. The van der Waals surface area contributed by atoms with Gasteiger partial charge < -0.3 is 18.0 Å². The van der Waals surface area contributed by atoms with Crippen LogP contribution in [0, 0.1) is 0 Å². The van der Waals surface area contributed by atoms with Crippen molar-refractivity contribution in [2.45, 2.75) is 26.0 Å². The maximum absolute atomic E-state index is 10.8. The molecule has 0 aromatic rings. The van der Waals surface area contributed by atoms with E-state index in [0.29, 0.717) is 6.42 Å². The number of carbonyl (C=O) groups is 1. The first-order valence-electron chi connectivity index (χ1n) is 4.39. The topological polar surface area (TPSA) is 54.0 Å². The second kappa shape index (κ2) is 6.13. The molecule has 0 aliphatic rings. The minimum absolute atomic E-state index is 0.361. The molecule has 0 saturated carbocycles. The SMILES string of the molecule is CC[C@H](OC(C)=O)[Si](OC)(OC)OC. The fourth-order valence-electron chi connectivity index (χ4n) is 1.25. The van der Waals surface area contributed by atoms with Crippen LogP contribution in [0.5, 0.6) is 0 Å². The smallest absolute Gasteiger partial charge is 0.458 e. The highest BCUT2D eigenvalue weighted by Gasteiger charge is 2.49. The zero-order valence-electron chi connectivity index (χ0n) is 9.33. The average Bonchev–Trinajstić information content (AvgIpc) is 2.19. The third-order valence-corrected chi connectivity index (χ3v) is 4.95. The zero-order chi connectivity index (χ0) is 11.2. The van der Waals surface area contributed by atoms with Gasteiger partial charge in [0, 0.05) is 28.3 Å². The number of hydrogen-bond acceptors (Lipinski definition) is 5. The first-order chi connectivity index (χ1) is 6.56. The Morgan fingerprint density at radius 1 is 1.21 bits per heavy atom. The van der Waals surface area contributed by atoms with Gasteiger partial charge in [-0.15, -0.1) is 0 Å². The van der Waals surface area contributed by atoms with Crippen molar-refractivity contribution in [1.82, 2.24) is 0 Å². The van der Waals surface area contributed by atoms with Crippen LogP contribution >= 0.6 is 0 Å². The van der Waals surface area contributed by atoms with Crippen LogP contribution in [-0.2, 0) is 22.8 Å². The molecule has 0 bridgehead atoms. The molecular weight excluding hydrogens is 204 g/mol. The lowest BCUT2D eigenvalue weighted by atomic mass is 10.5. The summed E-state index contributed by atoms with van der Waals surface area (Å²) in [6, 6.07) is 0. The number of rotatable bonds is 6. The lowest BCUT2D eigenvalue weighted by Gasteiger charge is -2.30. The van der Waals surface area contributed by atoms with Crippen molar-refractivity contribution in [3.05, 3.63) is 0 Å². The van der Waals surface area contributed by atoms with Gasteiger partial charge in [-0.1, -0.05) is 6.92 Å². The lowest BCUT2D eigenvalue weighted by molar-refractivity contribution is -0.146. The summed E-state index contributed by atoms with van der Waals surface area (Å²) in [4.78, 5) is 10.8. The fourth-order valence-corrected chi connectivity index (χ4v) is 3.35. The second-order valence-electron chi connectivity index (χ2n) is 2.72. The number of carbonyl (C=O) groups excluding carboxylic acids is 1. The molecule has 0 heterocycles. The van der Waals surface area contributed by atoms with E-state index in [0.717, 1.165) is 0 Å². The Hall–Kier alpha value is -0.433. The van der Waals surface area contributed by atoms with Crippen molar-refractivity contribution in [3.63, 3.8) is 0 Å². The standard InChI is InChI=1S/C8H18O5Si/c1-6-8(13-7(2)9)14(10-3,11-4)12-5/h8H,6H2,1-5H3/t8-/m1/s1. The van der Waals surface area contributed by atoms with Gasteiger partial charge in [-0.05, 0) is 6.42 Å². The van der Waals surface area contributed by atoms with Gasteiger partial charge in [0.05, 0.1) is 0 Å². The summed E-state index contributed by atoms with van der Waals surface area (Å²) >= 11 is 0. The summed E-state index contributed by atoms with van der Waals surface area (Å²) in [7, 11) is 1.62. The summed E-state index contributed by atoms with van der Waals surface area (Å²) in [6.07, 6.45) is 0.599. The van der Waals surface area contributed by atoms with Crippen LogP contribution in [-0.4, -0.2) is 41.8 Å². The highest BCUT2D eigenvalue weighted by atomic mass is 28.4. The van der Waals surface area contributed by atoms with E-state index in [1.54, 1.807) is 0 Å². The van der Waals surface area contributed by atoms with Crippen LogP contribution < -0.4 is 0 Å². The molecular formula is C8H18O5Si. The Bertz CT molecular complexity index is 172. The number of hydrogen-bond donors (Lipinski definition) is 0. The van der Waals surface area contributed by atoms with Gasteiger partial charge in [0.15, 0.2) is 5.73 Å². The fraction of sp³-hybridized carbons (Fsp3) is 0.875. The van der Waals surface area contributed by atoms with Crippen LogP contribution in [0.2, 0.25) is 0 Å². The molecule has 0 N–H and O–H groups in total. The van der Waals surface area contributed by atoms with Gasteiger partial charge in [-0.25, -0.2) is 0 Å². The summed E-state index contributed by atoms with van der Waals surface area (Å²) < 4.78 is 20.7. The molecule has 0 unspecified atom stereocenters. The molecule has 84 valence electrons. The molecule has 0 amide bonds. The molecule has 6 heteroatoms. The second-order valence-corrected chi connectivity index (χ2v) is 5.80. The summed E-state index contributed by atoms with van der Waals surface area (Å²) in [5.41, 5.74) is -0.444. The lowest BCUT2D eigenvalue weighted by Crippen LogP contribution is -2.55. The molecule has 0 saturated heterocycles. The molecule has 5 nitrogen and oxygen atoms in total. The monoisotopic (exact) mass is 222 g/mol. The number of esters is 1. The third-order valence-electron chi connectivity index (χ3n) is 1.93. The quantitative estimate of drug-likeness (QED) is 0.490. The maximum atomic E-state index is 10.8. The highest BCUT2D eigenvalue weighted by Crippen LogP contribution is 2.17. The van der Waals surface area contributed by atoms with Crippen molar-refractivity contribution >= 4 is 14.8 Å². The van der Waals surface area contributed by atoms with Crippen molar-refractivity contribution < 1.29 is 22.8 Å². The van der Waals surface area contributed by atoms with Gasteiger partial charge in [0.2, 0.25) is 0 Å². The molecule has 0 radical (unpaired) electrons. The van der Waals surface area contributed by atoms with Crippen molar-refractivity contribution in [2.75, 3.05) is 21.3 Å². The van der Waals surface area contributed by atoms with E-state index < -0.39 is 14.5 Å². The van der Waals surface area contributed by atoms with Crippen LogP contribution in [0.3, 0.4) is 0 Å². The van der Waals surface area contributed by atoms with Crippen molar-refractivity contribution in [3.8, 4) is 0 Å².